The number of thiophene rings is 1. The number of nitrogens with one attached hydrogen (secondary N) is 1. The lowest BCUT2D eigenvalue weighted by Crippen LogP contribution is -2.35. The number of piperidine rings is 1. The third-order valence-electron chi connectivity index (χ3n) is 5.27. The van der Waals surface area contributed by atoms with E-state index in [2.05, 4.69) is 5.32 Å². The summed E-state index contributed by atoms with van der Waals surface area (Å²) in [5.41, 5.74) is 1.06. The van der Waals surface area contributed by atoms with Gasteiger partial charge in [0.05, 0.1) is 18.7 Å². The first-order valence-corrected chi connectivity index (χ1v) is 11.7. The lowest BCUT2D eigenvalue weighted by atomic mass is 9.93. The van der Waals surface area contributed by atoms with Crippen molar-refractivity contribution in [3.05, 3.63) is 40.7 Å². The topological polar surface area (TPSA) is 79.6 Å². The SMILES string of the molecule is O=C(Cc1ccc(S(=O)(=O)N2CCCCC2)s1)NC1CCCc2occc21. The molecule has 1 atom stereocenters. The average molecular weight is 409 g/mol. The van der Waals surface area contributed by atoms with Gasteiger partial charge in [0.15, 0.2) is 0 Å². The smallest absolute Gasteiger partial charge is 0.252 e. The average Bonchev–Trinajstić information content (AvgIpc) is 3.32. The Kier molecular flexibility index (Phi) is 5.39. The van der Waals surface area contributed by atoms with Crippen LogP contribution in [0.4, 0.5) is 0 Å². The van der Waals surface area contributed by atoms with E-state index in [1.165, 1.54) is 11.3 Å². The molecule has 2 aliphatic rings. The van der Waals surface area contributed by atoms with Crippen molar-refractivity contribution in [2.75, 3.05) is 13.1 Å². The van der Waals surface area contributed by atoms with Crippen LogP contribution in [0.2, 0.25) is 0 Å². The van der Waals surface area contributed by atoms with Crippen molar-refractivity contribution in [2.24, 2.45) is 0 Å². The highest BCUT2D eigenvalue weighted by Gasteiger charge is 2.28. The van der Waals surface area contributed by atoms with Gasteiger partial charge in [-0.3, -0.25) is 4.79 Å². The number of nitrogens with zero attached hydrogens (tertiary/aromatic N) is 1. The van der Waals surface area contributed by atoms with E-state index in [1.807, 2.05) is 6.07 Å². The molecule has 0 aromatic carbocycles. The number of aryl methyl sites for hydroxylation is 1. The molecule has 1 unspecified atom stereocenters. The fourth-order valence-electron chi connectivity index (χ4n) is 3.86. The predicted octanol–water partition coefficient (Wildman–Crippen LogP) is 3.25. The van der Waals surface area contributed by atoms with Crippen LogP contribution in [0.3, 0.4) is 0 Å². The van der Waals surface area contributed by atoms with E-state index in [4.69, 9.17) is 4.42 Å². The summed E-state index contributed by atoms with van der Waals surface area (Å²) in [6.07, 6.45) is 7.59. The van der Waals surface area contributed by atoms with Crippen LogP contribution in [0.15, 0.2) is 33.1 Å². The number of amides is 1. The Morgan fingerprint density at radius 3 is 2.81 bits per heavy atom. The van der Waals surface area contributed by atoms with Gasteiger partial charge >= 0.3 is 0 Å². The van der Waals surface area contributed by atoms with E-state index in [9.17, 15) is 13.2 Å². The van der Waals surface area contributed by atoms with Gasteiger partial charge in [-0.05, 0) is 43.9 Å². The van der Waals surface area contributed by atoms with Crippen molar-refractivity contribution in [3.8, 4) is 0 Å². The largest absolute Gasteiger partial charge is 0.469 e. The van der Waals surface area contributed by atoms with Gasteiger partial charge in [-0.2, -0.15) is 4.31 Å². The maximum Gasteiger partial charge on any atom is 0.252 e. The molecule has 0 bridgehead atoms. The maximum atomic E-state index is 12.7. The van der Waals surface area contributed by atoms with Crippen LogP contribution in [0.1, 0.15) is 54.3 Å². The zero-order valence-corrected chi connectivity index (χ0v) is 16.8. The number of rotatable bonds is 5. The molecule has 1 fully saturated rings. The molecule has 0 radical (unpaired) electrons. The van der Waals surface area contributed by atoms with Crippen LogP contribution in [0.5, 0.6) is 0 Å². The molecule has 1 N–H and O–H groups in total. The zero-order valence-electron chi connectivity index (χ0n) is 15.1. The normalized spacial score (nSPS) is 21.0. The van der Waals surface area contributed by atoms with Crippen LogP contribution in [0, 0.1) is 0 Å². The Bertz CT molecular complexity index is 910. The molecule has 146 valence electrons. The fourth-order valence-corrected chi connectivity index (χ4v) is 6.89. The van der Waals surface area contributed by atoms with Crippen molar-refractivity contribution < 1.29 is 17.6 Å². The number of furan rings is 1. The highest BCUT2D eigenvalue weighted by molar-refractivity contribution is 7.91. The summed E-state index contributed by atoms with van der Waals surface area (Å²) in [5, 5.41) is 3.07. The number of carbonyl (C=O) groups is 1. The second-order valence-electron chi connectivity index (χ2n) is 7.17. The van der Waals surface area contributed by atoms with Crippen molar-refractivity contribution in [1.82, 2.24) is 9.62 Å². The lowest BCUT2D eigenvalue weighted by Gasteiger charge is -2.25. The molecule has 2 aromatic rings. The third-order valence-corrected chi connectivity index (χ3v) is 8.72. The molecule has 2 aromatic heterocycles. The van der Waals surface area contributed by atoms with Gasteiger partial charge in [0, 0.05) is 30.0 Å². The first-order valence-electron chi connectivity index (χ1n) is 9.48. The molecule has 8 heteroatoms. The molecule has 1 aliphatic heterocycles. The highest BCUT2D eigenvalue weighted by Crippen LogP contribution is 2.31. The van der Waals surface area contributed by atoms with Gasteiger partial charge in [-0.25, -0.2) is 8.42 Å². The summed E-state index contributed by atoms with van der Waals surface area (Å²) in [5.74, 6) is 0.871. The Labute approximate surface area is 163 Å². The second-order valence-corrected chi connectivity index (χ2v) is 10.5. The molecule has 6 nitrogen and oxygen atoms in total. The van der Waals surface area contributed by atoms with Crippen LogP contribution >= 0.6 is 11.3 Å². The molecule has 4 rings (SSSR count). The first kappa shape index (κ1) is 18.7. The van der Waals surface area contributed by atoms with Gasteiger partial charge in [0.1, 0.15) is 9.97 Å². The summed E-state index contributed by atoms with van der Waals surface area (Å²) in [7, 11) is -3.43. The molecule has 3 heterocycles. The second kappa shape index (κ2) is 7.77. The van der Waals surface area contributed by atoms with Crippen molar-refractivity contribution in [3.63, 3.8) is 0 Å². The Balaban J connectivity index is 1.40. The van der Waals surface area contributed by atoms with Gasteiger partial charge in [0.25, 0.3) is 10.0 Å². The lowest BCUT2D eigenvalue weighted by molar-refractivity contribution is -0.121. The quantitative estimate of drug-likeness (QED) is 0.824. The number of fused-ring (bicyclic) bond motifs is 1. The van der Waals surface area contributed by atoms with Gasteiger partial charge < -0.3 is 9.73 Å². The van der Waals surface area contributed by atoms with Crippen molar-refractivity contribution >= 4 is 27.3 Å². The molecular weight excluding hydrogens is 384 g/mol. The fraction of sp³-hybridized carbons (Fsp3) is 0.526. The predicted molar refractivity (Wildman–Crippen MR) is 103 cm³/mol. The minimum absolute atomic E-state index is 0.0171. The standard InChI is InChI=1S/C19H24N2O4S2/c22-18(20-16-5-4-6-17-15(16)9-12-25-17)13-14-7-8-19(26-14)27(23,24)21-10-2-1-3-11-21/h7-9,12,16H,1-6,10-11,13H2,(H,20,22). The van der Waals surface area contributed by atoms with Crippen LogP contribution in [0.25, 0.3) is 0 Å². The van der Waals surface area contributed by atoms with Gasteiger partial charge in [-0.1, -0.05) is 6.42 Å². The molecule has 1 aliphatic carbocycles. The third kappa shape index (κ3) is 3.97. The van der Waals surface area contributed by atoms with E-state index in [0.29, 0.717) is 17.3 Å². The van der Waals surface area contributed by atoms with E-state index in [0.717, 1.165) is 54.7 Å². The van der Waals surface area contributed by atoms with Crippen LogP contribution < -0.4 is 5.32 Å². The molecule has 1 saturated heterocycles. The number of sulfonamides is 1. The molecular formula is C19H24N2O4S2. The van der Waals surface area contributed by atoms with E-state index in [-0.39, 0.29) is 18.4 Å². The van der Waals surface area contributed by atoms with E-state index in [1.54, 1.807) is 22.7 Å². The monoisotopic (exact) mass is 408 g/mol. The Morgan fingerprint density at radius 1 is 1.19 bits per heavy atom. The highest BCUT2D eigenvalue weighted by atomic mass is 32.2. The summed E-state index contributed by atoms with van der Waals surface area (Å²) in [4.78, 5) is 13.2. The summed E-state index contributed by atoms with van der Waals surface area (Å²) >= 11 is 1.20. The minimum atomic E-state index is -3.43. The summed E-state index contributed by atoms with van der Waals surface area (Å²) < 4.78 is 32.8. The van der Waals surface area contributed by atoms with Crippen molar-refractivity contribution in [1.29, 1.82) is 0 Å². The van der Waals surface area contributed by atoms with E-state index >= 15 is 0 Å². The Hall–Kier alpha value is -1.64. The minimum Gasteiger partial charge on any atom is -0.469 e. The zero-order chi connectivity index (χ0) is 18.9. The molecule has 27 heavy (non-hydrogen) atoms. The molecule has 0 saturated carbocycles. The number of hydrogen-bond donors (Lipinski definition) is 1. The number of carbonyl (C=O) groups excluding carboxylic acids is 1. The van der Waals surface area contributed by atoms with Crippen molar-refractivity contribution in [2.45, 2.75) is 55.2 Å². The summed E-state index contributed by atoms with van der Waals surface area (Å²) in [6.45, 7) is 1.18. The van der Waals surface area contributed by atoms with Crippen LogP contribution in [-0.2, 0) is 27.7 Å². The van der Waals surface area contributed by atoms with Gasteiger partial charge in [-0.15, -0.1) is 11.3 Å². The molecule has 1 amide bonds. The molecule has 0 spiro atoms. The summed E-state index contributed by atoms with van der Waals surface area (Å²) in [6, 6.07) is 5.29. The van der Waals surface area contributed by atoms with Gasteiger partial charge in [0.2, 0.25) is 5.91 Å². The Morgan fingerprint density at radius 2 is 2.00 bits per heavy atom. The maximum absolute atomic E-state index is 12.7. The first-order chi connectivity index (χ1) is 13.0. The van der Waals surface area contributed by atoms with Crippen LogP contribution in [-0.4, -0.2) is 31.7 Å². The number of hydrogen-bond acceptors (Lipinski definition) is 5. The van der Waals surface area contributed by atoms with E-state index < -0.39 is 10.0 Å².